The molecule has 0 radical (unpaired) electrons. The summed E-state index contributed by atoms with van der Waals surface area (Å²) in [6, 6.07) is 9.32. The SMILES string of the molecule is CCCOc1ccc(C(=O)NCc2ccc(N3CC(C)OC(C)C3)nc2)cc1OCCC. The Morgan fingerprint density at radius 2 is 1.75 bits per heavy atom. The molecule has 1 aromatic heterocycles. The fourth-order valence-corrected chi connectivity index (χ4v) is 3.66. The van der Waals surface area contributed by atoms with E-state index in [0.717, 1.165) is 37.3 Å². The summed E-state index contributed by atoms with van der Waals surface area (Å²) in [5, 5.41) is 2.97. The zero-order valence-corrected chi connectivity index (χ0v) is 19.6. The van der Waals surface area contributed by atoms with E-state index in [1.807, 2.05) is 25.3 Å². The number of ether oxygens (including phenoxy) is 3. The first-order valence-corrected chi connectivity index (χ1v) is 11.5. The van der Waals surface area contributed by atoms with E-state index in [1.54, 1.807) is 18.2 Å². The fraction of sp³-hybridized carbons (Fsp3) is 0.520. The molecule has 1 N–H and O–H groups in total. The molecule has 2 aromatic rings. The van der Waals surface area contributed by atoms with E-state index in [2.05, 4.69) is 36.0 Å². The summed E-state index contributed by atoms with van der Waals surface area (Å²) in [5.41, 5.74) is 1.49. The van der Waals surface area contributed by atoms with Gasteiger partial charge in [-0.3, -0.25) is 4.79 Å². The molecule has 7 nitrogen and oxygen atoms in total. The van der Waals surface area contributed by atoms with Crippen LogP contribution in [0.15, 0.2) is 36.5 Å². The number of hydrogen-bond donors (Lipinski definition) is 1. The van der Waals surface area contributed by atoms with Crippen LogP contribution in [0.4, 0.5) is 5.82 Å². The minimum Gasteiger partial charge on any atom is -0.490 e. The lowest BCUT2D eigenvalue weighted by molar-refractivity contribution is -0.00546. The Balaban J connectivity index is 1.60. The van der Waals surface area contributed by atoms with E-state index in [9.17, 15) is 4.79 Å². The quantitative estimate of drug-likeness (QED) is 0.596. The Bertz CT molecular complexity index is 862. The maximum absolute atomic E-state index is 12.7. The minimum absolute atomic E-state index is 0.159. The molecule has 0 bridgehead atoms. The molecular formula is C25H35N3O4. The van der Waals surface area contributed by atoms with Gasteiger partial charge in [0, 0.05) is 31.4 Å². The van der Waals surface area contributed by atoms with Crippen molar-refractivity contribution in [3.8, 4) is 11.5 Å². The van der Waals surface area contributed by atoms with Gasteiger partial charge in [-0.2, -0.15) is 0 Å². The first-order valence-electron chi connectivity index (χ1n) is 11.5. The minimum atomic E-state index is -0.159. The number of rotatable bonds is 10. The van der Waals surface area contributed by atoms with Gasteiger partial charge >= 0.3 is 0 Å². The number of nitrogens with one attached hydrogen (secondary N) is 1. The number of anilines is 1. The van der Waals surface area contributed by atoms with Crippen LogP contribution in [0, 0.1) is 0 Å². The second-order valence-electron chi connectivity index (χ2n) is 8.23. The zero-order chi connectivity index (χ0) is 22.9. The topological polar surface area (TPSA) is 72.9 Å². The van der Waals surface area contributed by atoms with Crippen LogP contribution in [0.5, 0.6) is 11.5 Å². The van der Waals surface area contributed by atoms with Crippen molar-refractivity contribution in [1.29, 1.82) is 0 Å². The summed E-state index contributed by atoms with van der Waals surface area (Å²) in [7, 11) is 0. The third kappa shape index (κ3) is 6.60. The van der Waals surface area contributed by atoms with Crippen molar-refractivity contribution >= 4 is 11.7 Å². The molecule has 7 heteroatoms. The van der Waals surface area contributed by atoms with Crippen LogP contribution >= 0.6 is 0 Å². The number of aromatic nitrogens is 1. The van der Waals surface area contributed by atoms with Crippen LogP contribution in [0.25, 0.3) is 0 Å². The van der Waals surface area contributed by atoms with Crippen LogP contribution in [0.2, 0.25) is 0 Å². The second kappa shape index (κ2) is 11.7. The fourth-order valence-electron chi connectivity index (χ4n) is 3.66. The first-order chi connectivity index (χ1) is 15.5. The van der Waals surface area contributed by atoms with Crippen molar-refractivity contribution < 1.29 is 19.0 Å². The average molecular weight is 442 g/mol. The molecule has 1 aromatic carbocycles. The molecule has 1 amide bonds. The van der Waals surface area contributed by atoms with E-state index >= 15 is 0 Å². The summed E-state index contributed by atoms with van der Waals surface area (Å²) in [4.78, 5) is 19.5. The van der Waals surface area contributed by atoms with Gasteiger partial charge in [0.1, 0.15) is 5.82 Å². The molecule has 3 rings (SSSR count). The summed E-state index contributed by atoms with van der Waals surface area (Å²) in [6.45, 7) is 11.5. The molecule has 1 fully saturated rings. The first kappa shape index (κ1) is 23.9. The molecule has 1 saturated heterocycles. The zero-order valence-electron chi connectivity index (χ0n) is 19.6. The summed E-state index contributed by atoms with van der Waals surface area (Å²) in [6.07, 6.45) is 3.98. The van der Waals surface area contributed by atoms with Crippen molar-refractivity contribution in [2.24, 2.45) is 0 Å². The van der Waals surface area contributed by atoms with Crippen molar-refractivity contribution in [3.63, 3.8) is 0 Å². The Labute approximate surface area is 191 Å². The highest BCUT2D eigenvalue weighted by Crippen LogP contribution is 2.29. The Kier molecular flexibility index (Phi) is 8.73. The third-order valence-electron chi connectivity index (χ3n) is 5.14. The molecule has 2 heterocycles. The smallest absolute Gasteiger partial charge is 0.251 e. The van der Waals surface area contributed by atoms with Gasteiger partial charge in [-0.25, -0.2) is 4.98 Å². The Hall–Kier alpha value is -2.80. The van der Waals surface area contributed by atoms with E-state index in [1.165, 1.54) is 0 Å². The Morgan fingerprint density at radius 3 is 2.38 bits per heavy atom. The van der Waals surface area contributed by atoms with E-state index in [4.69, 9.17) is 14.2 Å². The lowest BCUT2D eigenvalue weighted by Crippen LogP contribution is -2.45. The predicted molar refractivity (Wildman–Crippen MR) is 126 cm³/mol. The van der Waals surface area contributed by atoms with Crippen LogP contribution in [-0.2, 0) is 11.3 Å². The number of pyridine rings is 1. The average Bonchev–Trinajstić information content (AvgIpc) is 2.79. The van der Waals surface area contributed by atoms with Crippen LogP contribution in [0.3, 0.4) is 0 Å². The molecule has 32 heavy (non-hydrogen) atoms. The number of amides is 1. The molecule has 1 aliphatic rings. The van der Waals surface area contributed by atoms with Gasteiger partial charge in [0.25, 0.3) is 5.91 Å². The largest absolute Gasteiger partial charge is 0.490 e. The van der Waals surface area contributed by atoms with Crippen molar-refractivity contribution in [2.75, 3.05) is 31.2 Å². The molecule has 2 unspecified atom stereocenters. The van der Waals surface area contributed by atoms with Crippen LogP contribution < -0.4 is 19.7 Å². The number of carbonyl (C=O) groups is 1. The monoisotopic (exact) mass is 441 g/mol. The van der Waals surface area contributed by atoms with E-state index in [-0.39, 0.29) is 18.1 Å². The van der Waals surface area contributed by atoms with Gasteiger partial charge < -0.3 is 24.4 Å². The summed E-state index contributed by atoms with van der Waals surface area (Å²) >= 11 is 0. The maximum Gasteiger partial charge on any atom is 0.251 e. The van der Waals surface area contributed by atoms with E-state index < -0.39 is 0 Å². The van der Waals surface area contributed by atoms with Gasteiger partial charge in [-0.15, -0.1) is 0 Å². The number of benzene rings is 1. The molecule has 0 aliphatic carbocycles. The van der Waals surface area contributed by atoms with Crippen LogP contribution in [-0.4, -0.2) is 49.4 Å². The molecule has 0 spiro atoms. The number of hydrogen-bond acceptors (Lipinski definition) is 6. The van der Waals surface area contributed by atoms with Gasteiger partial charge in [-0.05, 0) is 56.5 Å². The highest BCUT2D eigenvalue weighted by atomic mass is 16.5. The number of nitrogens with zero attached hydrogens (tertiary/aromatic N) is 2. The van der Waals surface area contributed by atoms with Crippen molar-refractivity contribution in [1.82, 2.24) is 10.3 Å². The highest BCUT2D eigenvalue weighted by Gasteiger charge is 2.23. The number of morpholine rings is 1. The molecule has 1 aliphatic heterocycles. The number of carbonyl (C=O) groups excluding carboxylic acids is 1. The van der Waals surface area contributed by atoms with Crippen molar-refractivity contribution in [2.45, 2.75) is 59.3 Å². The van der Waals surface area contributed by atoms with Crippen LogP contribution in [0.1, 0.15) is 56.5 Å². The maximum atomic E-state index is 12.7. The molecular weight excluding hydrogens is 406 g/mol. The molecule has 174 valence electrons. The van der Waals surface area contributed by atoms with Gasteiger partial charge in [0.05, 0.1) is 25.4 Å². The van der Waals surface area contributed by atoms with Crippen molar-refractivity contribution in [3.05, 3.63) is 47.7 Å². The second-order valence-corrected chi connectivity index (χ2v) is 8.23. The van der Waals surface area contributed by atoms with Gasteiger partial charge in [-0.1, -0.05) is 19.9 Å². The Morgan fingerprint density at radius 1 is 1.06 bits per heavy atom. The molecule has 0 saturated carbocycles. The normalized spacial score (nSPS) is 18.3. The third-order valence-corrected chi connectivity index (χ3v) is 5.14. The summed E-state index contributed by atoms with van der Waals surface area (Å²) in [5.74, 6) is 2.05. The van der Waals surface area contributed by atoms with E-state index in [0.29, 0.717) is 36.8 Å². The predicted octanol–water partition coefficient (Wildman–Crippen LogP) is 4.20. The van der Waals surface area contributed by atoms with Gasteiger partial charge in [0.2, 0.25) is 0 Å². The van der Waals surface area contributed by atoms with Gasteiger partial charge in [0.15, 0.2) is 11.5 Å². The molecule has 2 atom stereocenters. The lowest BCUT2D eigenvalue weighted by atomic mass is 10.1. The summed E-state index contributed by atoms with van der Waals surface area (Å²) < 4.78 is 17.3. The highest BCUT2D eigenvalue weighted by molar-refractivity contribution is 5.94. The lowest BCUT2D eigenvalue weighted by Gasteiger charge is -2.36. The standard InChI is InChI=1S/C25H35N3O4/c1-5-11-30-22-9-8-21(13-23(22)31-12-6-2)25(29)27-15-20-7-10-24(26-14-20)28-16-18(3)32-19(4)17-28/h7-10,13-14,18-19H,5-6,11-12,15-17H2,1-4H3,(H,27,29).